The van der Waals surface area contributed by atoms with Gasteiger partial charge in [-0.3, -0.25) is 9.00 Å². The summed E-state index contributed by atoms with van der Waals surface area (Å²) in [6, 6.07) is 9.17. The van der Waals surface area contributed by atoms with Gasteiger partial charge in [0.05, 0.1) is 18.5 Å². The zero-order valence-corrected chi connectivity index (χ0v) is 12.4. The molecule has 1 heterocycles. The summed E-state index contributed by atoms with van der Waals surface area (Å²) in [6.07, 6.45) is 1.91. The van der Waals surface area contributed by atoms with Crippen LogP contribution in [0.3, 0.4) is 0 Å². The van der Waals surface area contributed by atoms with Crippen LogP contribution in [-0.2, 0) is 25.1 Å². The van der Waals surface area contributed by atoms with Crippen molar-refractivity contribution in [1.29, 1.82) is 0 Å². The second kappa shape index (κ2) is 7.55. The van der Waals surface area contributed by atoms with Crippen LogP contribution in [0.4, 0.5) is 0 Å². The van der Waals surface area contributed by atoms with E-state index in [9.17, 15) is 9.00 Å². The third-order valence-corrected chi connectivity index (χ3v) is 4.93. The van der Waals surface area contributed by atoms with Gasteiger partial charge in [0.15, 0.2) is 5.25 Å². The first kappa shape index (κ1) is 15.2. The van der Waals surface area contributed by atoms with Gasteiger partial charge in [-0.15, -0.1) is 0 Å². The number of benzene rings is 1. The zero-order valence-electron chi connectivity index (χ0n) is 11.6. The second-order valence-corrected chi connectivity index (χ2v) is 6.29. The van der Waals surface area contributed by atoms with Crippen LogP contribution in [-0.4, -0.2) is 35.2 Å². The molecule has 2 rings (SSSR count). The normalized spacial score (nSPS) is 21.4. The van der Waals surface area contributed by atoms with Crippen molar-refractivity contribution in [3.63, 3.8) is 0 Å². The van der Waals surface area contributed by atoms with Crippen molar-refractivity contribution >= 4 is 16.8 Å². The predicted molar refractivity (Wildman–Crippen MR) is 77.8 cm³/mol. The molecule has 1 aliphatic heterocycles. The molecule has 1 aromatic carbocycles. The number of esters is 1. The molecule has 3 atom stereocenters. The van der Waals surface area contributed by atoms with Gasteiger partial charge in [0.2, 0.25) is 0 Å². The van der Waals surface area contributed by atoms with Crippen LogP contribution < -0.4 is 0 Å². The third kappa shape index (κ3) is 3.90. The molecule has 0 aromatic heterocycles. The van der Waals surface area contributed by atoms with Crippen molar-refractivity contribution in [3.8, 4) is 0 Å². The Morgan fingerprint density at radius 3 is 2.80 bits per heavy atom. The highest BCUT2D eigenvalue weighted by atomic mass is 32.2. The minimum Gasteiger partial charge on any atom is -0.465 e. The molecule has 20 heavy (non-hydrogen) atoms. The predicted octanol–water partition coefficient (Wildman–Crippen LogP) is 2.22. The number of hydrogen-bond donors (Lipinski definition) is 0. The fourth-order valence-corrected chi connectivity index (χ4v) is 3.86. The summed E-state index contributed by atoms with van der Waals surface area (Å²) in [5.74, 6) is -0.0340. The molecule has 0 bridgehead atoms. The Labute approximate surface area is 121 Å². The molecule has 0 amide bonds. The number of carbonyl (C=O) groups is 1. The van der Waals surface area contributed by atoms with E-state index in [-0.39, 0.29) is 6.10 Å². The van der Waals surface area contributed by atoms with Crippen LogP contribution in [0.1, 0.15) is 30.6 Å². The van der Waals surface area contributed by atoms with E-state index in [1.807, 2.05) is 30.3 Å². The zero-order chi connectivity index (χ0) is 14.4. The molecule has 0 aliphatic carbocycles. The number of ether oxygens (including phenoxy) is 2. The van der Waals surface area contributed by atoms with Crippen LogP contribution in [0.5, 0.6) is 0 Å². The lowest BCUT2D eigenvalue weighted by Crippen LogP contribution is -2.26. The van der Waals surface area contributed by atoms with Crippen molar-refractivity contribution in [2.24, 2.45) is 0 Å². The van der Waals surface area contributed by atoms with Crippen molar-refractivity contribution in [2.75, 3.05) is 19.0 Å². The lowest BCUT2D eigenvalue weighted by Gasteiger charge is -2.17. The van der Waals surface area contributed by atoms with Gasteiger partial charge in [-0.2, -0.15) is 0 Å². The first-order valence-electron chi connectivity index (χ1n) is 6.92. The Bertz CT molecular complexity index is 454. The highest BCUT2D eigenvalue weighted by Crippen LogP contribution is 2.24. The SMILES string of the molecule is CCOC(=O)C(c1ccccc1)S(=O)CC1CCCO1. The summed E-state index contributed by atoms with van der Waals surface area (Å²) < 4.78 is 23.1. The Kier molecular flexibility index (Phi) is 5.73. The molecule has 1 fully saturated rings. The lowest BCUT2D eigenvalue weighted by atomic mass is 10.1. The highest BCUT2D eigenvalue weighted by molar-refractivity contribution is 7.86. The van der Waals surface area contributed by atoms with Gasteiger partial charge >= 0.3 is 5.97 Å². The minimum atomic E-state index is -1.33. The molecule has 0 spiro atoms. The van der Waals surface area contributed by atoms with E-state index in [1.165, 1.54) is 0 Å². The molecule has 4 nitrogen and oxygen atoms in total. The summed E-state index contributed by atoms with van der Waals surface area (Å²) in [6.45, 7) is 2.76. The topological polar surface area (TPSA) is 52.6 Å². The van der Waals surface area contributed by atoms with Crippen LogP contribution in [0.15, 0.2) is 30.3 Å². The Hall–Kier alpha value is -1.20. The third-order valence-electron chi connectivity index (χ3n) is 3.24. The maximum absolute atomic E-state index is 12.5. The Morgan fingerprint density at radius 2 is 2.20 bits per heavy atom. The van der Waals surface area contributed by atoms with Gasteiger partial charge in [0.1, 0.15) is 0 Å². The van der Waals surface area contributed by atoms with E-state index >= 15 is 0 Å². The highest BCUT2D eigenvalue weighted by Gasteiger charge is 2.31. The van der Waals surface area contributed by atoms with Crippen LogP contribution in [0.25, 0.3) is 0 Å². The first-order chi connectivity index (χ1) is 9.72. The average Bonchev–Trinajstić information content (AvgIpc) is 2.93. The van der Waals surface area contributed by atoms with Gasteiger partial charge in [0, 0.05) is 17.4 Å². The monoisotopic (exact) mass is 296 g/mol. The summed E-state index contributed by atoms with van der Waals surface area (Å²) in [4.78, 5) is 12.1. The standard InChI is InChI=1S/C15H20O4S/c1-2-18-15(16)14(12-7-4-3-5-8-12)20(17)11-13-9-6-10-19-13/h3-5,7-8,13-14H,2,6,9-11H2,1H3. The van der Waals surface area contributed by atoms with E-state index in [4.69, 9.17) is 9.47 Å². The number of hydrogen-bond acceptors (Lipinski definition) is 4. The van der Waals surface area contributed by atoms with E-state index in [2.05, 4.69) is 0 Å². The molecular formula is C15H20O4S. The van der Waals surface area contributed by atoms with Crippen molar-refractivity contribution in [1.82, 2.24) is 0 Å². The van der Waals surface area contributed by atoms with Gasteiger partial charge < -0.3 is 9.47 Å². The summed E-state index contributed by atoms with van der Waals surface area (Å²) in [5.41, 5.74) is 0.738. The number of carbonyl (C=O) groups excluding carboxylic acids is 1. The van der Waals surface area contributed by atoms with Crippen LogP contribution in [0, 0.1) is 0 Å². The second-order valence-electron chi connectivity index (χ2n) is 4.73. The van der Waals surface area contributed by atoms with Crippen molar-refractivity contribution in [3.05, 3.63) is 35.9 Å². The summed E-state index contributed by atoms with van der Waals surface area (Å²) >= 11 is 0. The molecule has 110 valence electrons. The van der Waals surface area contributed by atoms with Gasteiger partial charge in [-0.1, -0.05) is 30.3 Å². The Morgan fingerprint density at radius 1 is 1.45 bits per heavy atom. The average molecular weight is 296 g/mol. The first-order valence-corrected chi connectivity index (χ1v) is 8.31. The lowest BCUT2D eigenvalue weighted by molar-refractivity contribution is -0.142. The Balaban J connectivity index is 2.13. The molecular weight excluding hydrogens is 276 g/mol. The molecule has 1 saturated heterocycles. The van der Waals surface area contributed by atoms with E-state index in [0.717, 1.165) is 25.0 Å². The van der Waals surface area contributed by atoms with Crippen molar-refractivity contribution < 1.29 is 18.5 Å². The van der Waals surface area contributed by atoms with Gasteiger partial charge in [-0.05, 0) is 25.3 Å². The number of rotatable bonds is 6. The minimum absolute atomic E-state index is 0.00327. The van der Waals surface area contributed by atoms with Crippen LogP contribution >= 0.6 is 0 Å². The molecule has 0 saturated carbocycles. The maximum atomic E-state index is 12.5. The van der Waals surface area contributed by atoms with Gasteiger partial charge in [-0.25, -0.2) is 0 Å². The summed E-state index contributed by atoms with van der Waals surface area (Å²) in [5, 5.41) is -0.722. The smallest absolute Gasteiger partial charge is 0.326 e. The molecule has 0 radical (unpaired) electrons. The van der Waals surface area contributed by atoms with Gasteiger partial charge in [0.25, 0.3) is 0 Å². The largest absolute Gasteiger partial charge is 0.465 e. The van der Waals surface area contributed by atoms with Crippen molar-refractivity contribution in [2.45, 2.75) is 31.1 Å². The molecule has 1 aliphatic rings. The van der Waals surface area contributed by atoms with Crippen LogP contribution in [0.2, 0.25) is 0 Å². The molecule has 0 N–H and O–H groups in total. The molecule has 1 aromatic rings. The molecule has 5 heteroatoms. The fraction of sp³-hybridized carbons (Fsp3) is 0.533. The summed E-state index contributed by atoms with van der Waals surface area (Å²) in [7, 11) is -1.33. The van der Waals surface area contributed by atoms with E-state index in [0.29, 0.717) is 12.4 Å². The quantitative estimate of drug-likeness (QED) is 0.755. The fourth-order valence-electron chi connectivity index (χ4n) is 2.30. The molecule has 3 unspecified atom stereocenters. The van der Waals surface area contributed by atoms with E-state index < -0.39 is 22.0 Å². The van der Waals surface area contributed by atoms with E-state index in [1.54, 1.807) is 6.92 Å². The maximum Gasteiger partial charge on any atom is 0.326 e.